The third kappa shape index (κ3) is 2.97. The molecule has 0 spiro atoms. The van der Waals surface area contributed by atoms with Gasteiger partial charge in [0.2, 0.25) is 5.88 Å². The monoisotopic (exact) mass is 292 g/mol. The number of carbonyl (C=O) groups is 2. The molecule has 1 heterocycles. The van der Waals surface area contributed by atoms with Gasteiger partial charge in [-0.05, 0) is 13.0 Å². The second-order valence-electron chi connectivity index (χ2n) is 4.75. The Labute approximate surface area is 120 Å². The van der Waals surface area contributed by atoms with Gasteiger partial charge in [0.25, 0.3) is 0 Å². The van der Waals surface area contributed by atoms with E-state index < -0.39 is 12.0 Å². The number of carboxylic acids is 1. The number of carboxylic acid groups (broad SMARTS) is 1. The zero-order valence-electron chi connectivity index (χ0n) is 11.4. The minimum Gasteiger partial charge on any atom is -0.480 e. The highest BCUT2D eigenvalue weighted by molar-refractivity contribution is 5.88. The summed E-state index contributed by atoms with van der Waals surface area (Å²) < 4.78 is 6.12. The van der Waals surface area contributed by atoms with E-state index in [9.17, 15) is 14.8 Å². The van der Waals surface area contributed by atoms with Crippen molar-refractivity contribution < 1.29 is 24.6 Å². The van der Waals surface area contributed by atoms with Gasteiger partial charge in [0.1, 0.15) is 12.6 Å². The van der Waals surface area contributed by atoms with Crippen molar-refractivity contribution in [3.8, 4) is 5.88 Å². The maximum absolute atomic E-state index is 11.1. The molecule has 2 rings (SSSR count). The number of aliphatic carboxylic acids is 1. The molecule has 1 unspecified atom stereocenters. The van der Waals surface area contributed by atoms with E-state index in [0.717, 1.165) is 4.73 Å². The maximum atomic E-state index is 11.1. The average molecular weight is 292 g/mol. The number of carbonyl (C=O) groups excluding carboxylic acids is 1. The highest BCUT2D eigenvalue weighted by atomic mass is 16.6. The normalized spacial score (nSPS) is 12.3. The third-order valence-corrected chi connectivity index (χ3v) is 3.06. The van der Waals surface area contributed by atoms with E-state index in [0.29, 0.717) is 16.5 Å². The Hall–Kier alpha value is -2.54. The van der Waals surface area contributed by atoms with Gasteiger partial charge in [0.05, 0.1) is 5.52 Å². The number of hydrogen-bond acceptors (Lipinski definition) is 5. The van der Waals surface area contributed by atoms with Crippen molar-refractivity contribution >= 4 is 22.7 Å². The summed E-state index contributed by atoms with van der Waals surface area (Å²) in [6.07, 6.45) is -0.0172. The molecule has 0 aliphatic rings. The number of nitrogens with zero attached hydrogens (tertiary/aromatic N) is 1. The van der Waals surface area contributed by atoms with Crippen LogP contribution in [0.3, 0.4) is 0 Å². The summed E-state index contributed by atoms with van der Waals surface area (Å²) in [6, 6.07) is 5.74. The molecule has 0 amide bonds. The number of ether oxygens (including phenoxy) is 1. The molecular weight excluding hydrogens is 276 g/mol. The van der Waals surface area contributed by atoms with Crippen LogP contribution in [0.15, 0.2) is 24.3 Å². The number of Topliss-reactive ketones (excluding diaryl/α,β-unsaturated/α-hetero) is 1. The summed E-state index contributed by atoms with van der Waals surface area (Å²) in [4.78, 5) is 22.0. The van der Waals surface area contributed by atoms with Crippen molar-refractivity contribution in [1.29, 1.82) is 0 Å². The summed E-state index contributed by atoms with van der Waals surface area (Å²) in [5, 5.41) is 19.7. The van der Waals surface area contributed by atoms with Crippen molar-refractivity contribution in [1.82, 2.24) is 4.73 Å². The molecule has 0 saturated heterocycles. The van der Waals surface area contributed by atoms with E-state index in [2.05, 4.69) is 0 Å². The molecule has 0 fully saturated rings. The van der Waals surface area contributed by atoms with Crippen molar-refractivity contribution in [3.05, 3.63) is 29.8 Å². The molecule has 1 atom stereocenters. The standard InChI is InChI=1S/C14H16N2O5/c1-8(17)7-21-13-10(6-11(15)14(18)19)9-4-2-3-5-12(9)16(13)20/h2-5,11,20H,6-7,15H2,1H3,(H,18,19). The van der Waals surface area contributed by atoms with Gasteiger partial charge in [-0.15, -0.1) is 0 Å². The lowest BCUT2D eigenvalue weighted by atomic mass is 10.1. The van der Waals surface area contributed by atoms with Crippen LogP contribution in [0.2, 0.25) is 0 Å². The van der Waals surface area contributed by atoms with Crippen molar-refractivity contribution in [2.24, 2.45) is 5.73 Å². The van der Waals surface area contributed by atoms with E-state index >= 15 is 0 Å². The number of ketones is 1. The smallest absolute Gasteiger partial charge is 0.320 e. The lowest BCUT2D eigenvalue weighted by molar-refractivity contribution is -0.138. The van der Waals surface area contributed by atoms with Crippen LogP contribution < -0.4 is 10.5 Å². The summed E-state index contributed by atoms with van der Waals surface area (Å²) in [6.45, 7) is 1.14. The van der Waals surface area contributed by atoms with E-state index in [4.69, 9.17) is 15.6 Å². The Morgan fingerprint density at radius 1 is 1.38 bits per heavy atom. The minimum atomic E-state index is -1.15. The van der Waals surface area contributed by atoms with E-state index in [1.54, 1.807) is 24.3 Å². The molecule has 0 bridgehead atoms. The summed E-state index contributed by atoms with van der Waals surface area (Å²) in [5.74, 6) is -1.32. The highest BCUT2D eigenvalue weighted by Gasteiger charge is 2.23. The number of rotatable bonds is 6. The van der Waals surface area contributed by atoms with Crippen LogP contribution in [0.25, 0.3) is 10.9 Å². The molecule has 0 saturated carbocycles. The maximum Gasteiger partial charge on any atom is 0.320 e. The zero-order valence-corrected chi connectivity index (χ0v) is 11.4. The Bertz CT molecular complexity index is 692. The second kappa shape index (κ2) is 5.84. The number of para-hydroxylation sites is 1. The molecule has 0 aliphatic carbocycles. The molecule has 1 aromatic carbocycles. The van der Waals surface area contributed by atoms with Crippen LogP contribution in [-0.4, -0.2) is 39.4 Å². The molecule has 7 heteroatoms. The van der Waals surface area contributed by atoms with Crippen LogP contribution in [0.5, 0.6) is 5.88 Å². The van der Waals surface area contributed by atoms with Gasteiger partial charge < -0.3 is 20.8 Å². The van der Waals surface area contributed by atoms with Crippen molar-refractivity contribution in [3.63, 3.8) is 0 Å². The molecule has 1 aromatic heterocycles. The number of hydrogen-bond donors (Lipinski definition) is 3. The molecular formula is C14H16N2O5. The van der Waals surface area contributed by atoms with Crippen LogP contribution in [0.1, 0.15) is 12.5 Å². The molecule has 112 valence electrons. The van der Waals surface area contributed by atoms with Crippen molar-refractivity contribution in [2.75, 3.05) is 6.61 Å². The van der Waals surface area contributed by atoms with Gasteiger partial charge in [0.15, 0.2) is 5.78 Å². The van der Waals surface area contributed by atoms with Crippen LogP contribution in [-0.2, 0) is 16.0 Å². The molecule has 21 heavy (non-hydrogen) atoms. The summed E-state index contributed by atoms with van der Waals surface area (Å²) in [5.41, 5.74) is 6.48. The minimum absolute atomic E-state index is 0.0172. The predicted molar refractivity (Wildman–Crippen MR) is 74.6 cm³/mol. The largest absolute Gasteiger partial charge is 0.480 e. The molecule has 2 aromatic rings. The second-order valence-corrected chi connectivity index (χ2v) is 4.75. The lowest BCUT2D eigenvalue weighted by Crippen LogP contribution is -2.32. The number of benzene rings is 1. The quantitative estimate of drug-likeness (QED) is 0.678. The van der Waals surface area contributed by atoms with Gasteiger partial charge in [-0.25, -0.2) is 0 Å². The van der Waals surface area contributed by atoms with Gasteiger partial charge in [-0.1, -0.05) is 18.2 Å². The van der Waals surface area contributed by atoms with E-state index in [1.807, 2.05) is 0 Å². The predicted octanol–water partition coefficient (Wildman–Crippen LogP) is 0.801. The number of aromatic nitrogens is 1. The van der Waals surface area contributed by atoms with Crippen LogP contribution in [0.4, 0.5) is 0 Å². The first kappa shape index (κ1) is 14.9. The molecule has 7 nitrogen and oxygen atoms in total. The van der Waals surface area contributed by atoms with Crippen molar-refractivity contribution in [2.45, 2.75) is 19.4 Å². The fourth-order valence-corrected chi connectivity index (χ4v) is 2.09. The molecule has 4 N–H and O–H groups in total. The van der Waals surface area contributed by atoms with E-state index in [-0.39, 0.29) is 24.7 Å². The van der Waals surface area contributed by atoms with Gasteiger partial charge >= 0.3 is 5.97 Å². The Morgan fingerprint density at radius 3 is 2.67 bits per heavy atom. The Morgan fingerprint density at radius 2 is 2.05 bits per heavy atom. The van der Waals surface area contributed by atoms with Gasteiger partial charge in [-0.2, -0.15) is 4.73 Å². The first-order chi connectivity index (χ1) is 9.91. The van der Waals surface area contributed by atoms with Gasteiger partial charge in [-0.3, -0.25) is 9.59 Å². The molecule has 0 aliphatic heterocycles. The van der Waals surface area contributed by atoms with E-state index in [1.165, 1.54) is 6.92 Å². The number of nitrogens with two attached hydrogens (primary N) is 1. The Balaban J connectivity index is 2.50. The SMILES string of the molecule is CC(=O)COc1c(CC(N)C(=O)O)c2ccccc2n1O. The van der Waals surface area contributed by atoms with Crippen LogP contribution >= 0.6 is 0 Å². The lowest BCUT2D eigenvalue weighted by Gasteiger charge is -2.10. The first-order valence-electron chi connectivity index (χ1n) is 6.34. The fourth-order valence-electron chi connectivity index (χ4n) is 2.09. The number of fused-ring (bicyclic) bond motifs is 1. The molecule has 0 radical (unpaired) electrons. The highest BCUT2D eigenvalue weighted by Crippen LogP contribution is 2.31. The summed E-state index contributed by atoms with van der Waals surface area (Å²) >= 11 is 0. The topological polar surface area (TPSA) is 115 Å². The fraction of sp³-hybridized carbons (Fsp3) is 0.286. The van der Waals surface area contributed by atoms with Crippen LogP contribution in [0, 0.1) is 0 Å². The Kier molecular flexibility index (Phi) is 4.13. The zero-order chi connectivity index (χ0) is 15.6. The van der Waals surface area contributed by atoms with Gasteiger partial charge in [0, 0.05) is 17.4 Å². The average Bonchev–Trinajstić information content (AvgIpc) is 2.70. The summed E-state index contributed by atoms with van der Waals surface area (Å²) in [7, 11) is 0. The third-order valence-electron chi connectivity index (χ3n) is 3.06. The first-order valence-corrected chi connectivity index (χ1v) is 6.34.